The summed E-state index contributed by atoms with van der Waals surface area (Å²) >= 11 is 0. The number of carbonyl (C=O) groups excluding carboxylic acids is 1. The Morgan fingerprint density at radius 3 is 2.47 bits per heavy atom. The highest BCUT2D eigenvalue weighted by Gasteiger charge is 2.11. The van der Waals surface area contributed by atoms with E-state index >= 15 is 0 Å². The molecule has 1 aromatic heterocycles. The molecule has 0 saturated carbocycles. The predicted molar refractivity (Wildman–Crippen MR) is 69.0 cm³/mol. The summed E-state index contributed by atoms with van der Waals surface area (Å²) in [6.07, 6.45) is 1.69. The molecule has 19 heavy (non-hydrogen) atoms. The second-order valence-corrected chi connectivity index (χ2v) is 4.06. The third kappa shape index (κ3) is 2.76. The molecule has 0 spiro atoms. The smallest absolute Gasteiger partial charge is 0.269 e. The number of hydrogen-bond donors (Lipinski definition) is 1. The molecule has 2 rings (SSSR count). The van der Waals surface area contributed by atoms with E-state index in [0.29, 0.717) is 16.9 Å². The van der Waals surface area contributed by atoms with Gasteiger partial charge >= 0.3 is 0 Å². The molecule has 1 amide bonds. The molecule has 0 aliphatic heterocycles. The zero-order valence-corrected chi connectivity index (χ0v) is 10.5. The number of nitrogens with one attached hydrogen (secondary N) is 1. The van der Waals surface area contributed by atoms with Crippen LogP contribution >= 0.6 is 0 Å². The zero-order chi connectivity index (χ0) is 14.0. The Hall–Kier alpha value is -2.70. The van der Waals surface area contributed by atoms with E-state index in [9.17, 15) is 14.9 Å². The fourth-order valence-electron chi connectivity index (χ4n) is 1.65. The molecule has 0 saturated heterocycles. The molecular formula is C12H12N4O3. The Bertz CT molecular complexity index is 631. The van der Waals surface area contributed by atoms with E-state index in [4.69, 9.17) is 0 Å². The first kappa shape index (κ1) is 12.7. The fourth-order valence-corrected chi connectivity index (χ4v) is 1.65. The van der Waals surface area contributed by atoms with Crippen molar-refractivity contribution in [1.29, 1.82) is 0 Å². The molecule has 98 valence electrons. The maximum atomic E-state index is 11.9. The molecule has 2 aromatic rings. The lowest BCUT2D eigenvalue weighted by Gasteiger charge is -2.03. The van der Waals surface area contributed by atoms with E-state index < -0.39 is 4.92 Å². The van der Waals surface area contributed by atoms with Crippen molar-refractivity contribution < 1.29 is 9.72 Å². The SMILES string of the molecule is Cc1nn(C)cc1NC(=O)c1ccc([N+](=O)[O-])cc1. The number of hydrogen-bond acceptors (Lipinski definition) is 4. The van der Waals surface area contributed by atoms with Crippen LogP contribution < -0.4 is 5.32 Å². The topological polar surface area (TPSA) is 90.1 Å². The Balaban J connectivity index is 2.16. The molecule has 7 nitrogen and oxygen atoms in total. The Kier molecular flexibility index (Phi) is 3.28. The van der Waals surface area contributed by atoms with Crippen molar-refractivity contribution >= 4 is 17.3 Å². The number of benzene rings is 1. The van der Waals surface area contributed by atoms with Gasteiger partial charge < -0.3 is 5.32 Å². The lowest BCUT2D eigenvalue weighted by molar-refractivity contribution is -0.384. The highest BCUT2D eigenvalue weighted by atomic mass is 16.6. The summed E-state index contributed by atoms with van der Waals surface area (Å²) < 4.78 is 1.60. The minimum absolute atomic E-state index is 0.0471. The van der Waals surface area contributed by atoms with Gasteiger partial charge in [-0.15, -0.1) is 0 Å². The number of nitro benzene ring substituents is 1. The van der Waals surface area contributed by atoms with Crippen molar-refractivity contribution in [3.63, 3.8) is 0 Å². The van der Waals surface area contributed by atoms with Gasteiger partial charge in [0, 0.05) is 30.9 Å². The molecule has 0 aliphatic carbocycles. The third-order valence-corrected chi connectivity index (χ3v) is 2.60. The summed E-state index contributed by atoms with van der Waals surface area (Å²) in [6, 6.07) is 5.42. The zero-order valence-electron chi connectivity index (χ0n) is 10.5. The van der Waals surface area contributed by atoms with E-state index in [1.165, 1.54) is 24.3 Å². The highest BCUT2D eigenvalue weighted by molar-refractivity contribution is 6.04. The van der Waals surface area contributed by atoms with E-state index in [2.05, 4.69) is 10.4 Å². The Morgan fingerprint density at radius 1 is 1.37 bits per heavy atom. The van der Waals surface area contributed by atoms with Crippen molar-refractivity contribution in [3.8, 4) is 0 Å². The molecule has 0 radical (unpaired) electrons. The summed E-state index contributed by atoms with van der Waals surface area (Å²) in [7, 11) is 1.76. The monoisotopic (exact) mass is 260 g/mol. The first-order valence-electron chi connectivity index (χ1n) is 5.53. The molecule has 1 aromatic carbocycles. The van der Waals surface area contributed by atoms with Gasteiger partial charge in [-0.2, -0.15) is 5.10 Å². The maximum Gasteiger partial charge on any atom is 0.269 e. The molecule has 0 unspecified atom stereocenters. The molecule has 7 heteroatoms. The normalized spacial score (nSPS) is 10.2. The number of non-ortho nitro benzene ring substituents is 1. The standard InChI is InChI=1S/C12H12N4O3/c1-8-11(7-15(2)14-8)13-12(17)9-3-5-10(6-4-9)16(18)19/h3-7H,1-2H3,(H,13,17). The van der Waals surface area contributed by atoms with Crippen LogP contribution in [0.1, 0.15) is 16.1 Å². The van der Waals surface area contributed by atoms with Gasteiger partial charge in [-0.3, -0.25) is 19.6 Å². The van der Waals surface area contributed by atoms with Gasteiger partial charge in [0.05, 0.1) is 16.3 Å². The number of nitro groups is 1. The van der Waals surface area contributed by atoms with Crippen LogP contribution in [0.5, 0.6) is 0 Å². The number of carbonyl (C=O) groups is 1. The number of aryl methyl sites for hydroxylation is 2. The fraction of sp³-hybridized carbons (Fsp3) is 0.167. The number of nitrogens with zero attached hydrogens (tertiary/aromatic N) is 3. The third-order valence-electron chi connectivity index (χ3n) is 2.60. The number of rotatable bonds is 3. The lowest BCUT2D eigenvalue weighted by atomic mass is 10.2. The van der Waals surface area contributed by atoms with Crippen molar-refractivity contribution in [1.82, 2.24) is 9.78 Å². The van der Waals surface area contributed by atoms with Crippen LogP contribution in [0.15, 0.2) is 30.5 Å². The Morgan fingerprint density at radius 2 is 2.00 bits per heavy atom. The summed E-state index contributed by atoms with van der Waals surface area (Å²) in [4.78, 5) is 21.9. The number of anilines is 1. The summed E-state index contributed by atoms with van der Waals surface area (Å²) in [5, 5.41) is 17.3. The molecular weight excluding hydrogens is 248 g/mol. The molecule has 1 heterocycles. The first-order chi connectivity index (χ1) is 8.97. The van der Waals surface area contributed by atoms with Crippen LogP contribution in [0.3, 0.4) is 0 Å². The van der Waals surface area contributed by atoms with E-state index in [1.807, 2.05) is 0 Å². The molecule has 0 atom stereocenters. The minimum Gasteiger partial charge on any atom is -0.319 e. The van der Waals surface area contributed by atoms with Gasteiger partial charge in [0.1, 0.15) is 0 Å². The lowest BCUT2D eigenvalue weighted by Crippen LogP contribution is -2.12. The summed E-state index contributed by atoms with van der Waals surface area (Å²) in [6.45, 7) is 1.78. The second-order valence-electron chi connectivity index (χ2n) is 4.06. The summed E-state index contributed by atoms with van der Waals surface area (Å²) in [5.74, 6) is -0.328. The van der Waals surface area contributed by atoms with Crippen LogP contribution in [0.25, 0.3) is 0 Å². The van der Waals surface area contributed by atoms with E-state index in [0.717, 1.165) is 0 Å². The Labute approximate surface area is 109 Å². The predicted octanol–water partition coefficient (Wildman–Crippen LogP) is 1.89. The minimum atomic E-state index is -0.507. The van der Waals surface area contributed by atoms with Gasteiger partial charge in [-0.1, -0.05) is 0 Å². The van der Waals surface area contributed by atoms with Crippen molar-refractivity contribution in [2.75, 3.05) is 5.32 Å². The van der Waals surface area contributed by atoms with Gasteiger partial charge in [0.15, 0.2) is 0 Å². The number of aromatic nitrogens is 2. The van der Waals surface area contributed by atoms with Crippen LogP contribution in [0, 0.1) is 17.0 Å². The van der Waals surface area contributed by atoms with Gasteiger partial charge in [0.2, 0.25) is 0 Å². The molecule has 0 bridgehead atoms. The van der Waals surface area contributed by atoms with Gasteiger partial charge in [0.25, 0.3) is 11.6 Å². The van der Waals surface area contributed by atoms with Crippen LogP contribution in [-0.4, -0.2) is 20.6 Å². The van der Waals surface area contributed by atoms with Crippen LogP contribution in [0.4, 0.5) is 11.4 Å². The molecule has 0 aliphatic rings. The average Bonchev–Trinajstić information content (AvgIpc) is 2.68. The second kappa shape index (κ2) is 4.89. The van der Waals surface area contributed by atoms with Crippen molar-refractivity contribution in [2.24, 2.45) is 7.05 Å². The first-order valence-corrected chi connectivity index (χ1v) is 5.53. The van der Waals surface area contributed by atoms with Gasteiger partial charge in [-0.05, 0) is 19.1 Å². The highest BCUT2D eigenvalue weighted by Crippen LogP contribution is 2.15. The molecule has 0 fully saturated rings. The largest absolute Gasteiger partial charge is 0.319 e. The average molecular weight is 260 g/mol. The van der Waals surface area contributed by atoms with Crippen LogP contribution in [-0.2, 0) is 7.05 Å². The molecule has 1 N–H and O–H groups in total. The van der Waals surface area contributed by atoms with Crippen LogP contribution in [0.2, 0.25) is 0 Å². The van der Waals surface area contributed by atoms with E-state index in [-0.39, 0.29) is 11.6 Å². The summed E-state index contributed by atoms with van der Waals surface area (Å²) in [5.41, 5.74) is 1.63. The van der Waals surface area contributed by atoms with Crippen molar-refractivity contribution in [3.05, 3.63) is 51.8 Å². The van der Waals surface area contributed by atoms with Crippen molar-refractivity contribution in [2.45, 2.75) is 6.92 Å². The number of amides is 1. The maximum absolute atomic E-state index is 11.9. The quantitative estimate of drug-likeness (QED) is 0.674. The van der Waals surface area contributed by atoms with E-state index in [1.54, 1.807) is 24.9 Å². The van der Waals surface area contributed by atoms with Gasteiger partial charge in [-0.25, -0.2) is 0 Å².